The van der Waals surface area contributed by atoms with Crippen molar-refractivity contribution >= 4 is 57.3 Å². The summed E-state index contributed by atoms with van der Waals surface area (Å²) in [5.74, 6) is -0.341. The van der Waals surface area contributed by atoms with E-state index in [0.29, 0.717) is 49.4 Å². The average Bonchev–Trinajstić information content (AvgIpc) is 3.29. The minimum Gasteiger partial charge on any atom is -0.376 e. The number of carbonyl (C=O) groups is 1. The Morgan fingerprint density at radius 1 is 1.16 bits per heavy atom. The van der Waals surface area contributed by atoms with E-state index in [4.69, 9.17) is 40.2 Å². The molecule has 1 atom stereocenters. The molecule has 0 spiro atoms. The van der Waals surface area contributed by atoms with Gasteiger partial charge in [0, 0.05) is 29.1 Å². The lowest BCUT2D eigenvalue weighted by Crippen LogP contribution is -2.48. The number of ether oxygens (including phenoxy) is 1. The quantitative estimate of drug-likeness (QED) is 0.381. The predicted molar refractivity (Wildman–Crippen MR) is 127 cm³/mol. The van der Waals surface area contributed by atoms with Gasteiger partial charge in [-0.15, -0.1) is 0 Å². The number of pyridine rings is 1. The first-order valence-electron chi connectivity index (χ1n) is 9.82. The number of nitrogens with one attached hydrogen (secondary N) is 3. The van der Waals surface area contributed by atoms with Gasteiger partial charge < -0.3 is 10.1 Å². The van der Waals surface area contributed by atoms with E-state index in [9.17, 15) is 4.79 Å². The maximum Gasteiger partial charge on any atom is 0.270 e. The van der Waals surface area contributed by atoms with Crippen molar-refractivity contribution in [1.82, 2.24) is 21.2 Å². The Bertz CT molecular complexity index is 1140. The van der Waals surface area contributed by atoms with Crippen LogP contribution in [0, 0.1) is 0 Å². The van der Waals surface area contributed by atoms with Crippen LogP contribution in [0.5, 0.6) is 0 Å². The van der Waals surface area contributed by atoms with Gasteiger partial charge in [-0.1, -0.05) is 41.4 Å². The van der Waals surface area contributed by atoms with Gasteiger partial charge in [-0.3, -0.25) is 15.6 Å². The molecule has 1 unspecified atom stereocenters. The summed E-state index contributed by atoms with van der Waals surface area (Å²) in [6, 6.07) is 14.3. The lowest BCUT2D eigenvalue weighted by atomic mass is 10.0. The van der Waals surface area contributed by atoms with Crippen LogP contribution in [0.15, 0.2) is 48.5 Å². The Balaban J connectivity index is 1.54. The van der Waals surface area contributed by atoms with Gasteiger partial charge in [0.2, 0.25) is 0 Å². The zero-order valence-corrected chi connectivity index (χ0v) is 18.8. The SMILES string of the molecule is O=C(NNC(=S)NCC1CCCO1)c1cc(-c2ccc(Cl)cc2Cl)nc2ccccc12. The summed E-state index contributed by atoms with van der Waals surface area (Å²) in [4.78, 5) is 17.6. The van der Waals surface area contributed by atoms with Gasteiger partial charge in [0.25, 0.3) is 5.91 Å². The predicted octanol–water partition coefficient (Wildman–Crippen LogP) is 4.50. The van der Waals surface area contributed by atoms with E-state index in [2.05, 4.69) is 21.2 Å². The molecule has 0 saturated carbocycles. The molecule has 2 aromatic carbocycles. The van der Waals surface area contributed by atoms with E-state index in [-0.39, 0.29) is 12.0 Å². The Morgan fingerprint density at radius 2 is 2.00 bits per heavy atom. The zero-order chi connectivity index (χ0) is 21.8. The van der Waals surface area contributed by atoms with E-state index in [1.54, 1.807) is 24.3 Å². The van der Waals surface area contributed by atoms with Crippen molar-refractivity contribution in [2.24, 2.45) is 0 Å². The van der Waals surface area contributed by atoms with Crippen LogP contribution in [0.25, 0.3) is 22.2 Å². The van der Waals surface area contributed by atoms with Crippen LogP contribution in [-0.2, 0) is 4.74 Å². The van der Waals surface area contributed by atoms with Gasteiger partial charge in [-0.25, -0.2) is 4.98 Å². The largest absolute Gasteiger partial charge is 0.376 e. The highest BCUT2D eigenvalue weighted by atomic mass is 35.5. The van der Waals surface area contributed by atoms with E-state index in [0.717, 1.165) is 19.4 Å². The van der Waals surface area contributed by atoms with Crippen LogP contribution >= 0.6 is 35.4 Å². The van der Waals surface area contributed by atoms with Crippen LogP contribution in [0.3, 0.4) is 0 Å². The van der Waals surface area contributed by atoms with Crippen LogP contribution < -0.4 is 16.2 Å². The third-order valence-corrected chi connectivity index (χ3v) is 5.77. The van der Waals surface area contributed by atoms with Crippen molar-refractivity contribution in [1.29, 1.82) is 0 Å². The van der Waals surface area contributed by atoms with Gasteiger partial charge in [0.1, 0.15) is 0 Å². The fourth-order valence-electron chi connectivity index (χ4n) is 3.44. The van der Waals surface area contributed by atoms with Crippen molar-refractivity contribution in [3.05, 3.63) is 64.1 Å². The molecule has 1 saturated heterocycles. The van der Waals surface area contributed by atoms with Crippen molar-refractivity contribution in [2.75, 3.05) is 13.2 Å². The summed E-state index contributed by atoms with van der Waals surface area (Å²) in [5.41, 5.74) is 7.79. The molecule has 31 heavy (non-hydrogen) atoms. The maximum absolute atomic E-state index is 13.0. The maximum atomic E-state index is 13.0. The number of fused-ring (bicyclic) bond motifs is 1. The van der Waals surface area contributed by atoms with Crippen LogP contribution in [0.2, 0.25) is 10.0 Å². The Hall–Kier alpha value is -2.45. The first kappa shape index (κ1) is 21.8. The first-order chi connectivity index (χ1) is 15.0. The number of thiocarbonyl (C=S) groups is 1. The second-order valence-corrected chi connectivity index (χ2v) is 8.37. The highest BCUT2D eigenvalue weighted by Crippen LogP contribution is 2.31. The standard InChI is InChI=1S/C22H20Cl2N4O2S/c23-13-7-8-16(18(24)10-13)20-11-17(15-5-1-2-6-19(15)26-20)21(29)27-28-22(31)25-12-14-4-3-9-30-14/h1-2,5-8,10-11,14H,3-4,9,12H2,(H,27,29)(H2,25,28,31). The second-order valence-electron chi connectivity index (χ2n) is 7.12. The smallest absolute Gasteiger partial charge is 0.270 e. The van der Waals surface area contributed by atoms with Crippen molar-refractivity contribution < 1.29 is 9.53 Å². The number of halogens is 2. The van der Waals surface area contributed by atoms with Gasteiger partial charge in [0.15, 0.2) is 5.11 Å². The fraction of sp³-hybridized carbons (Fsp3) is 0.227. The summed E-state index contributed by atoms with van der Waals surface area (Å²) >= 11 is 17.6. The van der Waals surface area contributed by atoms with Gasteiger partial charge in [-0.2, -0.15) is 0 Å². The number of hydrogen-bond acceptors (Lipinski definition) is 4. The summed E-state index contributed by atoms with van der Waals surface area (Å²) in [6.07, 6.45) is 2.20. The number of hydrogen-bond donors (Lipinski definition) is 3. The van der Waals surface area contributed by atoms with E-state index in [1.165, 1.54) is 0 Å². The minimum absolute atomic E-state index is 0.145. The Labute approximate surface area is 195 Å². The molecule has 0 radical (unpaired) electrons. The molecule has 9 heteroatoms. The lowest BCUT2D eigenvalue weighted by Gasteiger charge is -2.15. The monoisotopic (exact) mass is 474 g/mol. The summed E-state index contributed by atoms with van der Waals surface area (Å²) in [6.45, 7) is 1.37. The number of nitrogens with zero attached hydrogens (tertiary/aromatic N) is 1. The first-order valence-corrected chi connectivity index (χ1v) is 11.0. The summed E-state index contributed by atoms with van der Waals surface area (Å²) in [5, 5.41) is 5.08. The number of carbonyl (C=O) groups excluding carboxylic acids is 1. The molecule has 1 aliphatic rings. The number of amides is 1. The summed E-state index contributed by atoms with van der Waals surface area (Å²) in [7, 11) is 0. The van der Waals surface area contributed by atoms with Gasteiger partial charge in [-0.05, 0) is 55.4 Å². The molecule has 0 bridgehead atoms. The number of aromatic nitrogens is 1. The van der Waals surface area contributed by atoms with Crippen LogP contribution in [0.1, 0.15) is 23.2 Å². The van der Waals surface area contributed by atoms with Gasteiger partial charge in [0.05, 0.1) is 27.9 Å². The topological polar surface area (TPSA) is 75.3 Å². The number of hydrazine groups is 1. The molecule has 4 rings (SSSR count). The second kappa shape index (κ2) is 9.78. The molecule has 160 valence electrons. The van der Waals surface area contributed by atoms with Crippen molar-refractivity contribution in [3.8, 4) is 11.3 Å². The van der Waals surface area contributed by atoms with E-state index >= 15 is 0 Å². The average molecular weight is 475 g/mol. The Morgan fingerprint density at radius 3 is 2.77 bits per heavy atom. The number of rotatable bonds is 4. The third-order valence-electron chi connectivity index (χ3n) is 4.97. The molecular formula is C22H20Cl2N4O2S. The highest BCUT2D eigenvalue weighted by Gasteiger charge is 2.17. The van der Waals surface area contributed by atoms with Crippen LogP contribution in [0.4, 0.5) is 0 Å². The van der Waals surface area contributed by atoms with Crippen molar-refractivity contribution in [2.45, 2.75) is 18.9 Å². The number of benzene rings is 2. The molecule has 1 amide bonds. The van der Waals surface area contributed by atoms with E-state index < -0.39 is 0 Å². The lowest BCUT2D eigenvalue weighted by molar-refractivity contribution is 0.0944. The fourth-order valence-corrected chi connectivity index (χ4v) is 4.08. The number of para-hydroxylation sites is 1. The molecular weight excluding hydrogens is 455 g/mol. The minimum atomic E-state index is -0.341. The molecule has 2 heterocycles. The zero-order valence-electron chi connectivity index (χ0n) is 16.5. The highest BCUT2D eigenvalue weighted by molar-refractivity contribution is 7.80. The van der Waals surface area contributed by atoms with Crippen molar-refractivity contribution in [3.63, 3.8) is 0 Å². The molecule has 3 aromatic rings. The normalized spacial score (nSPS) is 15.6. The summed E-state index contributed by atoms with van der Waals surface area (Å²) < 4.78 is 5.56. The molecule has 1 aromatic heterocycles. The molecule has 0 aliphatic carbocycles. The van der Waals surface area contributed by atoms with E-state index in [1.807, 2.05) is 24.3 Å². The molecule has 6 nitrogen and oxygen atoms in total. The molecule has 1 aliphatic heterocycles. The molecule has 3 N–H and O–H groups in total. The Kier molecular flexibility index (Phi) is 6.87. The van der Waals surface area contributed by atoms with Gasteiger partial charge >= 0.3 is 0 Å². The third kappa shape index (κ3) is 5.25. The van der Waals surface area contributed by atoms with Crippen LogP contribution in [-0.4, -0.2) is 35.3 Å². The molecule has 1 fully saturated rings.